The maximum atomic E-state index is 12.3. The van der Waals surface area contributed by atoms with Gasteiger partial charge in [0.1, 0.15) is 0 Å². The number of methoxy groups -OCH3 is 1. The smallest absolute Gasteiger partial charge is 0.308 e. The highest BCUT2D eigenvalue weighted by Gasteiger charge is 2.28. The van der Waals surface area contributed by atoms with Crippen molar-refractivity contribution < 1.29 is 14.3 Å². The highest BCUT2D eigenvalue weighted by atomic mass is 35.5. The molecule has 1 aromatic heterocycles. The maximum absolute atomic E-state index is 12.3. The van der Waals surface area contributed by atoms with Crippen LogP contribution in [0.3, 0.4) is 0 Å². The van der Waals surface area contributed by atoms with Gasteiger partial charge in [0, 0.05) is 25.5 Å². The molecule has 2 rings (SSSR count). The lowest BCUT2D eigenvalue weighted by Crippen LogP contribution is -2.40. The first-order valence-electron chi connectivity index (χ1n) is 6.10. The van der Waals surface area contributed by atoms with E-state index in [0.717, 1.165) is 0 Å². The summed E-state index contributed by atoms with van der Waals surface area (Å²) in [6.45, 7) is 1.08. The molecule has 1 fully saturated rings. The van der Waals surface area contributed by atoms with Crippen LogP contribution >= 0.6 is 11.6 Å². The minimum absolute atomic E-state index is 0.109. The Morgan fingerprint density at radius 1 is 1.42 bits per heavy atom. The topological polar surface area (TPSA) is 59.5 Å². The Morgan fingerprint density at radius 3 is 2.68 bits per heavy atom. The summed E-state index contributed by atoms with van der Waals surface area (Å²) >= 11 is 5.96. The number of piperidine rings is 1. The van der Waals surface area contributed by atoms with E-state index >= 15 is 0 Å². The predicted molar refractivity (Wildman–Crippen MR) is 69.9 cm³/mol. The molecule has 19 heavy (non-hydrogen) atoms. The van der Waals surface area contributed by atoms with Gasteiger partial charge in [0.05, 0.1) is 23.6 Å². The molecule has 1 aromatic rings. The van der Waals surface area contributed by atoms with Gasteiger partial charge in [-0.05, 0) is 18.9 Å². The Hall–Kier alpha value is -1.62. The number of hydrogen-bond donors (Lipinski definition) is 0. The Labute approximate surface area is 116 Å². The van der Waals surface area contributed by atoms with Crippen molar-refractivity contribution in [3.63, 3.8) is 0 Å². The summed E-state index contributed by atoms with van der Waals surface area (Å²) in [4.78, 5) is 29.2. The van der Waals surface area contributed by atoms with E-state index in [2.05, 4.69) is 4.98 Å². The lowest BCUT2D eigenvalue weighted by Gasteiger charge is -2.30. The van der Waals surface area contributed by atoms with Crippen molar-refractivity contribution in [2.24, 2.45) is 5.92 Å². The minimum atomic E-state index is -0.200. The quantitative estimate of drug-likeness (QED) is 0.776. The van der Waals surface area contributed by atoms with E-state index in [0.29, 0.717) is 36.5 Å². The molecular weight excluding hydrogens is 268 g/mol. The van der Waals surface area contributed by atoms with Crippen LogP contribution in [0, 0.1) is 5.92 Å². The van der Waals surface area contributed by atoms with Gasteiger partial charge >= 0.3 is 5.97 Å². The fourth-order valence-electron chi connectivity index (χ4n) is 2.20. The maximum Gasteiger partial charge on any atom is 0.308 e. The first-order valence-corrected chi connectivity index (χ1v) is 6.48. The van der Waals surface area contributed by atoms with Gasteiger partial charge in [-0.25, -0.2) is 0 Å². The Balaban J connectivity index is 2.00. The molecular formula is C13H15ClN2O3. The average molecular weight is 283 g/mol. The molecule has 0 radical (unpaired) electrons. The summed E-state index contributed by atoms with van der Waals surface area (Å²) < 4.78 is 4.72. The summed E-state index contributed by atoms with van der Waals surface area (Å²) in [5, 5.41) is 0.350. The van der Waals surface area contributed by atoms with E-state index in [4.69, 9.17) is 16.3 Å². The number of amides is 1. The number of halogens is 1. The van der Waals surface area contributed by atoms with Crippen molar-refractivity contribution in [3.05, 3.63) is 29.0 Å². The van der Waals surface area contributed by atoms with Gasteiger partial charge in [0.15, 0.2) is 0 Å². The van der Waals surface area contributed by atoms with Crippen LogP contribution in [0.15, 0.2) is 18.5 Å². The predicted octanol–water partition coefficient (Wildman–Crippen LogP) is 1.76. The Bertz CT molecular complexity index is 485. The van der Waals surface area contributed by atoms with E-state index in [1.54, 1.807) is 17.2 Å². The van der Waals surface area contributed by atoms with Gasteiger partial charge in [0.25, 0.3) is 5.91 Å². The van der Waals surface area contributed by atoms with E-state index in [-0.39, 0.29) is 17.8 Å². The van der Waals surface area contributed by atoms with E-state index in [1.165, 1.54) is 13.3 Å². The third kappa shape index (κ3) is 3.04. The molecule has 0 atom stereocenters. The SMILES string of the molecule is COC(=O)C1CCN(C(=O)c2ccncc2Cl)CC1. The second kappa shape index (κ2) is 6.02. The standard InChI is InChI=1S/C13H15ClN2O3/c1-19-13(18)9-3-6-16(7-4-9)12(17)10-2-5-15-8-11(10)14/h2,5,8-9H,3-4,6-7H2,1H3. The van der Waals surface area contributed by atoms with Crippen molar-refractivity contribution in [2.75, 3.05) is 20.2 Å². The van der Waals surface area contributed by atoms with Crippen LogP contribution in [0.25, 0.3) is 0 Å². The van der Waals surface area contributed by atoms with Crippen LogP contribution in [0.2, 0.25) is 5.02 Å². The van der Waals surface area contributed by atoms with Gasteiger partial charge in [-0.15, -0.1) is 0 Å². The summed E-state index contributed by atoms with van der Waals surface area (Å²) in [6.07, 6.45) is 4.25. The second-order valence-corrected chi connectivity index (χ2v) is 4.85. The van der Waals surface area contributed by atoms with Gasteiger partial charge in [-0.2, -0.15) is 0 Å². The number of rotatable bonds is 2. The third-order valence-corrected chi connectivity index (χ3v) is 3.62. The molecule has 5 nitrogen and oxygen atoms in total. The molecule has 1 aliphatic rings. The summed E-state index contributed by atoms with van der Waals surface area (Å²) in [5.41, 5.74) is 0.452. The first-order chi connectivity index (χ1) is 9.13. The van der Waals surface area contributed by atoms with Crippen LogP contribution in [0.4, 0.5) is 0 Å². The molecule has 1 saturated heterocycles. The fraction of sp³-hybridized carbons (Fsp3) is 0.462. The number of ether oxygens (including phenoxy) is 1. The number of aromatic nitrogens is 1. The van der Waals surface area contributed by atoms with E-state index in [1.807, 2.05) is 0 Å². The fourth-order valence-corrected chi connectivity index (χ4v) is 2.40. The molecule has 1 amide bonds. The second-order valence-electron chi connectivity index (χ2n) is 4.45. The van der Waals surface area contributed by atoms with Crippen LogP contribution in [0.1, 0.15) is 23.2 Å². The molecule has 0 saturated carbocycles. The average Bonchev–Trinajstić information content (AvgIpc) is 2.46. The Kier molecular flexibility index (Phi) is 4.37. The highest BCUT2D eigenvalue weighted by Crippen LogP contribution is 2.22. The number of likely N-dealkylation sites (tertiary alicyclic amines) is 1. The van der Waals surface area contributed by atoms with Crippen molar-refractivity contribution in [1.82, 2.24) is 9.88 Å². The van der Waals surface area contributed by atoms with Gasteiger partial charge in [-0.3, -0.25) is 14.6 Å². The van der Waals surface area contributed by atoms with Crippen LogP contribution in [-0.2, 0) is 9.53 Å². The largest absolute Gasteiger partial charge is 0.469 e. The molecule has 0 N–H and O–H groups in total. The van der Waals surface area contributed by atoms with Crippen molar-refractivity contribution >= 4 is 23.5 Å². The Morgan fingerprint density at radius 2 is 2.11 bits per heavy atom. The molecule has 0 aromatic carbocycles. The number of carbonyl (C=O) groups is 2. The molecule has 0 spiro atoms. The van der Waals surface area contributed by atoms with Crippen molar-refractivity contribution in [1.29, 1.82) is 0 Å². The van der Waals surface area contributed by atoms with Crippen LogP contribution in [-0.4, -0.2) is 42.0 Å². The molecule has 0 unspecified atom stereocenters. The molecule has 102 valence electrons. The van der Waals surface area contributed by atoms with E-state index in [9.17, 15) is 9.59 Å². The van der Waals surface area contributed by atoms with Crippen LogP contribution in [0.5, 0.6) is 0 Å². The number of esters is 1. The number of hydrogen-bond acceptors (Lipinski definition) is 4. The minimum Gasteiger partial charge on any atom is -0.469 e. The monoisotopic (exact) mass is 282 g/mol. The van der Waals surface area contributed by atoms with Gasteiger partial charge in [-0.1, -0.05) is 11.6 Å². The molecule has 2 heterocycles. The van der Waals surface area contributed by atoms with Crippen molar-refractivity contribution in [2.45, 2.75) is 12.8 Å². The zero-order valence-corrected chi connectivity index (χ0v) is 11.4. The van der Waals surface area contributed by atoms with Crippen LogP contribution < -0.4 is 0 Å². The summed E-state index contributed by atoms with van der Waals surface area (Å²) in [7, 11) is 1.39. The zero-order valence-electron chi connectivity index (χ0n) is 10.6. The lowest BCUT2D eigenvalue weighted by atomic mass is 9.96. The molecule has 0 aliphatic carbocycles. The number of carbonyl (C=O) groups excluding carboxylic acids is 2. The molecule has 6 heteroatoms. The highest BCUT2D eigenvalue weighted by molar-refractivity contribution is 6.33. The van der Waals surface area contributed by atoms with Crippen molar-refractivity contribution in [3.8, 4) is 0 Å². The number of pyridine rings is 1. The number of nitrogens with zero attached hydrogens (tertiary/aromatic N) is 2. The van der Waals surface area contributed by atoms with Gasteiger partial charge < -0.3 is 9.64 Å². The summed E-state index contributed by atoms with van der Waals surface area (Å²) in [5.74, 6) is -0.424. The zero-order chi connectivity index (χ0) is 13.8. The molecule has 0 bridgehead atoms. The third-order valence-electron chi connectivity index (χ3n) is 3.32. The lowest BCUT2D eigenvalue weighted by molar-refractivity contribution is -0.146. The normalized spacial score (nSPS) is 16.2. The summed E-state index contributed by atoms with van der Waals surface area (Å²) in [6, 6.07) is 1.61. The van der Waals surface area contributed by atoms with E-state index < -0.39 is 0 Å². The van der Waals surface area contributed by atoms with Gasteiger partial charge in [0.2, 0.25) is 0 Å². The first kappa shape index (κ1) is 13.8. The molecule has 1 aliphatic heterocycles.